The number of aromatic amines is 1. The fraction of sp³-hybridized carbons (Fsp3) is 0.125. The van der Waals surface area contributed by atoms with Crippen LogP contribution in [0.5, 0.6) is 5.75 Å². The van der Waals surface area contributed by atoms with Gasteiger partial charge in [-0.1, -0.05) is 46.3 Å². The maximum absolute atomic E-state index is 5.94. The van der Waals surface area contributed by atoms with Gasteiger partial charge in [-0.05, 0) is 23.8 Å². The second-order valence-corrected chi connectivity index (χ2v) is 5.63. The molecule has 0 amide bonds. The van der Waals surface area contributed by atoms with Crippen LogP contribution in [0.3, 0.4) is 0 Å². The number of ether oxygens (including phenoxy) is 1. The predicted octanol–water partition coefficient (Wildman–Crippen LogP) is 3.76. The molecule has 1 heterocycles. The zero-order chi connectivity index (χ0) is 15.2. The summed E-state index contributed by atoms with van der Waals surface area (Å²) in [6, 6.07) is 16.1. The van der Waals surface area contributed by atoms with Crippen LogP contribution >= 0.6 is 15.9 Å². The van der Waals surface area contributed by atoms with Gasteiger partial charge in [0.05, 0.1) is 0 Å². The third kappa shape index (κ3) is 3.85. The van der Waals surface area contributed by atoms with Crippen LogP contribution in [0.1, 0.15) is 11.1 Å². The molecule has 0 atom stereocenters. The first-order chi connectivity index (χ1) is 10.8. The van der Waals surface area contributed by atoms with E-state index in [1.54, 1.807) is 0 Å². The monoisotopic (exact) mass is 358 g/mol. The summed E-state index contributed by atoms with van der Waals surface area (Å²) in [5.41, 5.74) is 2.18. The number of hydrogen-bond donors (Lipinski definition) is 2. The molecule has 6 heteroatoms. The van der Waals surface area contributed by atoms with E-state index in [4.69, 9.17) is 4.74 Å². The quantitative estimate of drug-likeness (QED) is 0.704. The summed E-state index contributed by atoms with van der Waals surface area (Å²) in [6.45, 7) is 1.14. The summed E-state index contributed by atoms with van der Waals surface area (Å²) in [6.07, 6.45) is 1.47. The molecule has 0 aliphatic heterocycles. The maximum atomic E-state index is 5.94. The third-order valence-corrected chi connectivity index (χ3v) is 3.61. The molecule has 0 radical (unpaired) electrons. The number of hydrogen-bond acceptors (Lipinski definition) is 4. The zero-order valence-corrected chi connectivity index (χ0v) is 13.4. The van der Waals surface area contributed by atoms with Crippen molar-refractivity contribution >= 4 is 21.9 Å². The number of nitrogens with zero attached hydrogens (tertiary/aromatic N) is 2. The number of aromatic nitrogens is 3. The van der Waals surface area contributed by atoms with E-state index in [0.717, 1.165) is 21.3 Å². The smallest absolute Gasteiger partial charge is 0.218 e. The average Bonchev–Trinajstić information content (AvgIpc) is 3.06. The van der Waals surface area contributed by atoms with E-state index in [1.165, 1.54) is 6.33 Å². The van der Waals surface area contributed by atoms with Crippen molar-refractivity contribution < 1.29 is 4.74 Å². The Labute approximate surface area is 136 Å². The minimum atomic E-state index is 0.539. The van der Waals surface area contributed by atoms with Gasteiger partial charge in [-0.3, -0.25) is 0 Å². The van der Waals surface area contributed by atoms with Gasteiger partial charge < -0.3 is 10.1 Å². The third-order valence-electron chi connectivity index (χ3n) is 3.12. The molecular weight excluding hydrogens is 344 g/mol. The van der Waals surface area contributed by atoms with Gasteiger partial charge in [0.1, 0.15) is 18.7 Å². The van der Waals surface area contributed by atoms with Crippen molar-refractivity contribution in [3.05, 3.63) is 70.5 Å². The fourth-order valence-corrected chi connectivity index (χ4v) is 2.44. The highest BCUT2D eigenvalue weighted by atomic mass is 79.9. The Bertz CT molecular complexity index is 716. The SMILES string of the molecule is Brc1ccc(OCc2ccccc2)c(CNc2ncn[nH]2)c1. The van der Waals surface area contributed by atoms with Gasteiger partial charge in [0, 0.05) is 16.6 Å². The number of rotatable bonds is 6. The summed E-state index contributed by atoms with van der Waals surface area (Å²) < 4.78 is 6.95. The topological polar surface area (TPSA) is 62.8 Å². The Kier molecular flexibility index (Phi) is 4.70. The molecule has 5 nitrogen and oxygen atoms in total. The maximum Gasteiger partial charge on any atom is 0.218 e. The molecule has 2 aromatic carbocycles. The van der Waals surface area contributed by atoms with E-state index >= 15 is 0 Å². The highest BCUT2D eigenvalue weighted by molar-refractivity contribution is 9.10. The molecule has 0 fully saturated rings. The van der Waals surface area contributed by atoms with Crippen molar-refractivity contribution in [3.63, 3.8) is 0 Å². The second kappa shape index (κ2) is 7.09. The van der Waals surface area contributed by atoms with Gasteiger partial charge in [-0.2, -0.15) is 5.10 Å². The minimum absolute atomic E-state index is 0.539. The van der Waals surface area contributed by atoms with Crippen molar-refractivity contribution in [3.8, 4) is 5.75 Å². The second-order valence-electron chi connectivity index (χ2n) is 4.71. The molecule has 0 aliphatic carbocycles. The van der Waals surface area contributed by atoms with Gasteiger partial charge >= 0.3 is 0 Å². The zero-order valence-electron chi connectivity index (χ0n) is 11.8. The highest BCUT2D eigenvalue weighted by Gasteiger charge is 2.06. The normalized spacial score (nSPS) is 10.4. The molecule has 0 aliphatic rings. The summed E-state index contributed by atoms with van der Waals surface area (Å²) in [7, 11) is 0. The van der Waals surface area contributed by atoms with Crippen LogP contribution in [-0.4, -0.2) is 15.2 Å². The molecule has 0 saturated heterocycles. The van der Waals surface area contributed by atoms with Gasteiger partial charge in [-0.25, -0.2) is 10.1 Å². The summed E-state index contributed by atoms with van der Waals surface area (Å²) in [4.78, 5) is 4.05. The van der Waals surface area contributed by atoms with E-state index in [9.17, 15) is 0 Å². The lowest BCUT2D eigenvalue weighted by Gasteiger charge is -2.12. The van der Waals surface area contributed by atoms with E-state index in [1.807, 2.05) is 48.5 Å². The van der Waals surface area contributed by atoms with Crippen molar-refractivity contribution in [1.29, 1.82) is 0 Å². The van der Waals surface area contributed by atoms with E-state index < -0.39 is 0 Å². The molecule has 112 valence electrons. The van der Waals surface area contributed by atoms with Crippen molar-refractivity contribution in [2.24, 2.45) is 0 Å². The van der Waals surface area contributed by atoms with Crippen molar-refractivity contribution in [2.45, 2.75) is 13.2 Å². The van der Waals surface area contributed by atoms with Crippen LogP contribution in [0, 0.1) is 0 Å². The standard InChI is InChI=1S/C16H15BrN4O/c17-14-6-7-15(22-10-12-4-2-1-3-5-12)13(8-14)9-18-16-19-11-20-21-16/h1-8,11H,9-10H2,(H2,18,19,20,21). The average molecular weight is 359 g/mol. The highest BCUT2D eigenvalue weighted by Crippen LogP contribution is 2.24. The Hall–Kier alpha value is -2.34. The van der Waals surface area contributed by atoms with Gasteiger partial charge in [0.15, 0.2) is 0 Å². The Morgan fingerprint density at radius 3 is 2.77 bits per heavy atom. The molecule has 0 bridgehead atoms. The van der Waals surface area contributed by atoms with Gasteiger partial charge in [0.2, 0.25) is 5.95 Å². The summed E-state index contributed by atoms with van der Waals surface area (Å²) in [5, 5.41) is 9.76. The number of nitrogens with one attached hydrogen (secondary N) is 2. The predicted molar refractivity (Wildman–Crippen MR) is 88.6 cm³/mol. The Balaban J connectivity index is 1.70. The summed E-state index contributed by atoms with van der Waals surface area (Å²) >= 11 is 3.49. The molecular formula is C16H15BrN4O. The molecule has 0 saturated carbocycles. The first kappa shape index (κ1) is 14.6. The number of benzene rings is 2. The molecule has 3 aromatic rings. The van der Waals surface area contributed by atoms with Crippen LogP contribution in [-0.2, 0) is 13.2 Å². The first-order valence-electron chi connectivity index (χ1n) is 6.85. The van der Waals surface area contributed by atoms with E-state index in [0.29, 0.717) is 19.1 Å². The lowest BCUT2D eigenvalue weighted by molar-refractivity contribution is 0.303. The molecule has 3 rings (SSSR count). The summed E-state index contributed by atoms with van der Waals surface area (Å²) in [5.74, 6) is 1.48. The number of anilines is 1. The molecule has 22 heavy (non-hydrogen) atoms. The Morgan fingerprint density at radius 2 is 2.00 bits per heavy atom. The van der Waals surface area contributed by atoms with Crippen molar-refractivity contribution in [1.82, 2.24) is 15.2 Å². The van der Waals surface area contributed by atoms with Crippen LogP contribution in [0.25, 0.3) is 0 Å². The first-order valence-corrected chi connectivity index (χ1v) is 7.65. The van der Waals surface area contributed by atoms with E-state index in [2.05, 4.69) is 36.4 Å². The molecule has 1 aromatic heterocycles. The lowest BCUT2D eigenvalue weighted by Crippen LogP contribution is -2.04. The fourth-order valence-electron chi connectivity index (χ4n) is 2.03. The Morgan fingerprint density at radius 1 is 1.14 bits per heavy atom. The molecule has 2 N–H and O–H groups in total. The largest absolute Gasteiger partial charge is 0.489 e. The van der Waals surface area contributed by atoms with Crippen LogP contribution < -0.4 is 10.1 Å². The lowest BCUT2D eigenvalue weighted by atomic mass is 10.2. The van der Waals surface area contributed by atoms with E-state index in [-0.39, 0.29) is 0 Å². The van der Waals surface area contributed by atoms with Crippen LogP contribution in [0.15, 0.2) is 59.3 Å². The number of H-pyrrole nitrogens is 1. The van der Waals surface area contributed by atoms with Gasteiger partial charge in [0.25, 0.3) is 0 Å². The number of halogens is 1. The van der Waals surface area contributed by atoms with Gasteiger partial charge in [-0.15, -0.1) is 0 Å². The van der Waals surface area contributed by atoms with Crippen LogP contribution in [0.2, 0.25) is 0 Å². The minimum Gasteiger partial charge on any atom is -0.489 e. The molecule has 0 unspecified atom stereocenters. The van der Waals surface area contributed by atoms with Crippen molar-refractivity contribution in [2.75, 3.05) is 5.32 Å². The molecule has 0 spiro atoms. The van der Waals surface area contributed by atoms with Crippen LogP contribution in [0.4, 0.5) is 5.95 Å².